The Morgan fingerprint density at radius 2 is 1.63 bits per heavy atom. The van der Waals surface area contributed by atoms with Crippen molar-refractivity contribution < 1.29 is 9.59 Å². The lowest BCUT2D eigenvalue weighted by Crippen LogP contribution is -2.49. The summed E-state index contributed by atoms with van der Waals surface area (Å²) in [5.41, 5.74) is 4.87. The van der Waals surface area contributed by atoms with Gasteiger partial charge in [-0.05, 0) is 51.1 Å². The van der Waals surface area contributed by atoms with Crippen molar-refractivity contribution in [3.8, 4) is 0 Å². The molecule has 2 N–H and O–H groups in total. The number of likely N-dealkylation sites (N-methyl/N-ethyl adjacent to an activating group) is 1. The number of aromatic nitrogens is 1. The molecule has 1 aliphatic rings. The highest BCUT2D eigenvalue weighted by atomic mass is 16.2. The topological polar surface area (TPSA) is 69.6 Å². The summed E-state index contributed by atoms with van der Waals surface area (Å²) in [7, 11) is 4.13. The Labute approximate surface area is 179 Å². The molecule has 0 saturated carbocycles. The van der Waals surface area contributed by atoms with Crippen molar-refractivity contribution in [2.24, 2.45) is 7.05 Å². The van der Waals surface area contributed by atoms with E-state index in [0.717, 1.165) is 48.6 Å². The number of nitrogens with one attached hydrogen (secondary N) is 2. The number of hydrogen-bond donors (Lipinski definition) is 2. The third-order valence-electron chi connectivity index (χ3n) is 5.88. The van der Waals surface area contributed by atoms with Crippen LogP contribution >= 0.6 is 0 Å². The normalized spacial score (nSPS) is 16.3. The van der Waals surface area contributed by atoms with E-state index in [9.17, 15) is 9.59 Å². The molecule has 1 aliphatic heterocycles. The van der Waals surface area contributed by atoms with E-state index in [1.165, 1.54) is 0 Å². The highest BCUT2D eigenvalue weighted by Crippen LogP contribution is 2.23. The Balaban J connectivity index is 1.67. The van der Waals surface area contributed by atoms with Gasteiger partial charge in [-0.15, -0.1) is 0 Å². The fourth-order valence-electron chi connectivity index (χ4n) is 4.19. The number of piperazine rings is 1. The second kappa shape index (κ2) is 9.45. The van der Waals surface area contributed by atoms with Crippen molar-refractivity contribution in [3.63, 3.8) is 0 Å². The molecule has 0 aliphatic carbocycles. The maximum Gasteiger partial charge on any atom is 0.313 e. The smallest absolute Gasteiger partial charge is 0.313 e. The summed E-state index contributed by atoms with van der Waals surface area (Å²) in [4.78, 5) is 29.8. The molecule has 1 aromatic heterocycles. The summed E-state index contributed by atoms with van der Waals surface area (Å²) in [6, 6.07) is 8.11. The van der Waals surface area contributed by atoms with Gasteiger partial charge in [0, 0.05) is 57.3 Å². The van der Waals surface area contributed by atoms with Gasteiger partial charge in [0.05, 0.1) is 6.04 Å². The first-order valence-electron chi connectivity index (χ1n) is 10.5. The van der Waals surface area contributed by atoms with Gasteiger partial charge < -0.3 is 20.1 Å². The number of rotatable bonds is 5. The number of anilines is 1. The number of carbonyl (C=O) groups is 2. The predicted octanol–water partition coefficient (Wildman–Crippen LogP) is 1.99. The van der Waals surface area contributed by atoms with Crippen molar-refractivity contribution in [3.05, 3.63) is 52.8 Å². The van der Waals surface area contributed by atoms with Crippen LogP contribution in [0.4, 0.5) is 5.69 Å². The van der Waals surface area contributed by atoms with E-state index in [-0.39, 0.29) is 6.04 Å². The van der Waals surface area contributed by atoms with Gasteiger partial charge in [-0.1, -0.05) is 17.7 Å². The molecule has 2 heterocycles. The van der Waals surface area contributed by atoms with Crippen LogP contribution < -0.4 is 10.6 Å². The van der Waals surface area contributed by atoms with E-state index in [1.807, 2.05) is 52.2 Å². The Kier molecular flexibility index (Phi) is 6.95. The summed E-state index contributed by atoms with van der Waals surface area (Å²) in [6.45, 7) is 10.1. The number of nitrogens with zero attached hydrogens (tertiary/aromatic N) is 3. The van der Waals surface area contributed by atoms with Gasteiger partial charge in [-0.3, -0.25) is 14.5 Å². The third kappa shape index (κ3) is 5.09. The monoisotopic (exact) mass is 411 g/mol. The highest BCUT2D eigenvalue weighted by Gasteiger charge is 2.27. The fraction of sp³-hybridized carbons (Fsp3) is 0.478. The molecule has 1 fully saturated rings. The van der Waals surface area contributed by atoms with Crippen LogP contribution in [0.1, 0.15) is 28.4 Å². The zero-order valence-electron chi connectivity index (χ0n) is 18.7. The van der Waals surface area contributed by atoms with Crippen LogP contribution in [0, 0.1) is 20.8 Å². The first kappa shape index (κ1) is 22.1. The van der Waals surface area contributed by atoms with Crippen molar-refractivity contribution in [1.29, 1.82) is 0 Å². The molecule has 1 saturated heterocycles. The van der Waals surface area contributed by atoms with Crippen LogP contribution in [-0.2, 0) is 16.6 Å². The van der Waals surface area contributed by atoms with E-state index in [4.69, 9.17) is 0 Å². The molecular weight excluding hydrogens is 378 g/mol. The molecule has 2 aromatic rings. The molecule has 2 amide bonds. The average molecular weight is 412 g/mol. The van der Waals surface area contributed by atoms with Crippen molar-refractivity contribution >= 4 is 17.5 Å². The van der Waals surface area contributed by atoms with Gasteiger partial charge in [-0.25, -0.2) is 0 Å². The van der Waals surface area contributed by atoms with Crippen LogP contribution in [-0.4, -0.2) is 66.0 Å². The van der Waals surface area contributed by atoms with Gasteiger partial charge in [0.1, 0.15) is 0 Å². The Morgan fingerprint density at radius 3 is 2.20 bits per heavy atom. The lowest BCUT2D eigenvalue weighted by molar-refractivity contribution is -0.136. The molecule has 0 spiro atoms. The largest absolute Gasteiger partial charge is 0.353 e. The average Bonchev–Trinajstić information content (AvgIpc) is 3.11. The summed E-state index contributed by atoms with van der Waals surface area (Å²) < 4.78 is 2.08. The zero-order valence-corrected chi connectivity index (χ0v) is 18.7. The molecule has 3 rings (SSSR count). The zero-order chi connectivity index (χ0) is 21.8. The van der Waals surface area contributed by atoms with Gasteiger partial charge in [-0.2, -0.15) is 0 Å². The van der Waals surface area contributed by atoms with E-state index < -0.39 is 11.8 Å². The first-order valence-corrected chi connectivity index (χ1v) is 10.5. The van der Waals surface area contributed by atoms with E-state index >= 15 is 0 Å². The van der Waals surface area contributed by atoms with Gasteiger partial charge in [0.2, 0.25) is 0 Å². The number of benzene rings is 1. The number of amides is 2. The van der Waals surface area contributed by atoms with Gasteiger partial charge in [0.25, 0.3) is 0 Å². The molecule has 162 valence electrons. The number of hydrogen-bond acceptors (Lipinski definition) is 4. The van der Waals surface area contributed by atoms with E-state index in [1.54, 1.807) is 0 Å². The van der Waals surface area contributed by atoms with Crippen LogP contribution in [0.25, 0.3) is 0 Å². The van der Waals surface area contributed by atoms with Gasteiger partial charge >= 0.3 is 11.8 Å². The van der Waals surface area contributed by atoms with Crippen molar-refractivity contribution in [2.45, 2.75) is 26.8 Å². The minimum absolute atomic E-state index is 0.0262. The minimum atomic E-state index is -0.630. The van der Waals surface area contributed by atoms with Crippen LogP contribution in [0.5, 0.6) is 0 Å². The first-order chi connectivity index (χ1) is 14.3. The van der Waals surface area contributed by atoms with Crippen molar-refractivity contribution in [1.82, 2.24) is 19.7 Å². The number of carbonyl (C=O) groups excluding carboxylic acids is 2. The Hall–Kier alpha value is -2.64. The molecule has 7 heteroatoms. The molecular formula is C23H33N5O2. The standard InChI is InChI=1S/C23H33N5O2/c1-16-13-17(2)21(18(3)14-16)25-23(30)22(29)24-15-20(19-7-6-8-27(19)5)28-11-9-26(4)10-12-28/h6-8,13-14,20H,9-12,15H2,1-5H3,(H,24,29)(H,25,30). The predicted molar refractivity (Wildman–Crippen MR) is 120 cm³/mol. The molecule has 0 bridgehead atoms. The SMILES string of the molecule is Cc1cc(C)c(NC(=O)C(=O)NCC(c2cccn2C)N2CCN(C)CC2)c(C)c1. The second-order valence-electron chi connectivity index (χ2n) is 8.34. The van der Waals surface area contributed by atoms with Crippen molar-refractivity contribution in [2.75, 3.05) is 45.1 Å². The van der Waals surface area contributed by atoms with Crippen LogP contribution in [0.3, 0.4) is 0 Å². The molecule has 1 atom stereocenters. The summed E-state index contributed by atoms with van der Waals surface area (Å²) in [6.07, 6.45) is 2.01. The molecule has 30 heavy (non-hydrogen) atoms. The number of aryl methyl sites for hydroxylation is 4. The quantitative estimate of drug-likeness (QED) is 0.739. The maximum atomic E-state index is 12.6. The summed E-state index contributed by atoms with van der Waals surface area (Å²) in [5, 5.41) is 5.64. The van der Waals surface area contributed by atoms with Gasteiger partial charge in [0.15, 0.2) is 0 Å². The fourth-order valence-corrected chi connectivity index (χ4v) is 4.19. The molecule has 1 unspecified atom stereocenters. The maximum absolute atomic E-state index is 12.6. The Morgan fingerprint density at radius 1 is 1.00 bits per heavy atom. The van der Waals surface area contributed by atoms with Crippen LogP contribution in [0.15, 0.2) is 30.5 Å². The summed E-state index contributed by atoms with van der Waals surface area (Å²) in [5.74, 6) is -1.24. The van der Waals surface area contributed by atoms with E-state index in [2.05, 4.69) is 38.1 Å². The lowest BCUT2D eigenvalue weighted by atomic mass is 10.1. The highest BCUT2D eigenvalue weighted by molar-refractivity contribution is 6.39. The molecule has 0 radical (unpaired) electrons. The van der Waals surface area contributed by atoms with Crippen LogP contribution in [0.2, 0.25) is 0 Å². The lowest BCUT2D eigenvalue weighted by Gasteiger charge is -2.38. The summed E-state index contributed by atoms with van der Waals surface area (Å²) >= 11 is 0. The Bertz CT molecular complexity index is 889. The minimum Gasteiger partial charge on any atom is -0.353 e. The molecule has 7 nitrogen and oxygen atoms in total. The molecule has 1 aromatic carbocycles. The van der Waals surface area contributed by atoms with E-state index in [0.29, 0.717) is 12.2 Å². The second-order valence-corrected chi connectivity index (χ2v) is 8.34. The third-order valence-corrected chi connectivity index (χ3v) is 5.88.